The van der Waals surface area contributed by atoms with Crippen molar-refractivity contribution in [3.8, 4) is 5.75 Å². The van der Waals surface area contributed by atoms with Gasteiger partial charge in [-0.05, 0) is 43.9 Å². The molecule has 1 atom stereocenters. The second-order valence-electron chi connectivity index (χ2n) is 8.04. The molecule has 0 bridgehead atoms. The number of likely N-dealkylation sites (tertiary alicyclic amines) is 1. The Morgan fingerprint density at radius 1 is 1.25 bits per heavy atom. The van der Waals surface area contributed by atoms with E-state index in [0.717, 1.165) is 44.0 Å². The SMILES string of the molecule is COc1ccc(Cn2ccnc2C2CCN(C(=O)C3(C)CC3(Cl)Cl)CC2)cc1. The van der Waals surface area contributed by atoms with Gasteiger partial charge in [0.2, 0.25) is 5.91 Å². The second-order valence-corrected chi connectivity index (χ2v) is 9.53. The molecule has 1 amide bonds. The van der Waals surface area contributed by atoms with Crippen LogP contribution in [0, 0.1) is 5.41 Å². The molecule has 2 aromatic rings. The van der Waals surface area contributed by atoms with Crippen LogP contribution in [0.4, 0.5) is 0 Å². The quantitative estimate of drug-likeness (QED) is 0.678. The van der Waals surface area contributed by atoms with Gasteiger partial charge in [-0.2, -0.15) is 0 Å². The van der Waals surface area contributed by atoms with Gasteiger partial charge >= 0.3 is 0 Å². The molecular formula is C21H25Cl2N3O2. The normalized spacial score (nSPS) is 24.2. The average Bonchev–Trinajstić information content (AvgIpc) is 3.02. The Labute approximate surface area is 175 Å². The largest absolute Gasteiger partial charge is 0.497 e. The van der Waals surface area contributed by atoms with Crippen molar-refractivity contribution in [3.05, 3.63) is 48.0 Å². The Kier molecular flexibility index (Phi) is 5.09. The molecule has 4 rings (SSSR count). The van der Waals surface area contributed by atoms with Crippen molar-refractivity contribution >= 4 is 29.1 Å². The summed E-state index contributed by atoms with van der Waals surface area (Å²) in [4.78, 5) is 19.3. The van der Waals surface area contributed by atoms with Crippen LogP contribution in [0.25, 0.3) is 0 Å². The molecule has 0 N–H and O–H groups in total. The summed E-state index contributed by atoms with van der Waals surface area (Å²) in [6.07, 6.45) is 6.22. The Morgan fingerprint density at radius 2 is 1.89 bits per heavy atom. The fourth-order valence-corrected chi connectivity index (χ4v) is 4.76. The van der Waals surface area contributed by atoms with Crippen LogP contribution in [-0.4, -0.2) is 44.9 Å². The summed E-state index contributed by atoms with van der Waals surface area (Å²) in [7, 11) is 1.67. The molecule has 1 aliphatic heterocycles. The van der Waals surface area contributed by atoms with E-state index in [1.54, 1.807) is 7.11 Å². The smallest absolute Gasteiger partial charge is 0.231 e. The first-order valence-corrected chi connectivity index (χ1v) is 10.4. The first-order chi connectivity index (χ1) is 13.3. The van der Waals surface area contributed by atoms with Crippen molar-refractivity contribution in [1.82, 2.24) is 14.5 Å². The minimum absolute atomic E-state index is 0.0810. The Balaban J connectivity index is 1.39. The summed E-state index contributed by atoms with van der Waals surface area (Å²) >= 11 is 12.4. The zero-order valence-corrected chi connectivity index (χ0v) is 17.7. The van der Waals surface area contributed by atoms with Crippen LogP contribution < -0.4 is 4.74 Å². The van der Waals surface area contributed by atoms with E-state index in [1.807, 2.05) is 36.4 Å². The van der Waals surface area contributed by atoms with Gasteiger partial charge in [-0.25, -0.2) is 4.98 Å². The molecule has 150 valence electrons. The third-order valence-electron chi connectivity index (χ3n) is 6.14. The summed E-state index contributed by atoms with van der Waals surface area (Å²) in [5.74, 6) is 2.37. The van der Waals surface area contributed by atoms with E-state index in [1.165, 1.54) is 5.56 Å². The van der Waals surface area contributed by atoms with Gasteiger partial charge in [-0.15, -0.1) is 23.2 Å². The van der Waals surface area contributed by atoms with Crippen LogP contribution in [-0.2, 0) is 11.3 Å². The van der Waals surface area contributed by atoms with E-state index in [0.29, 0.717) is 12.3 Å². The third kappa shape index (κ3) is 3.50. The van der Waals surface area contributed by atoms with Crippen molar-refractivity contribution in [2.24, 2.45) is 5.41 Å². The van der Waals surface area contributed by atoms with Crippen molar-refractivity contribution in [2.75, 3.05) is 20.2 Å². The van der Waals surface area contributed by atoms with Crippen LogP contribution in [0.1, 0.15) is 43.5 Å². The Bertz CT molecular complexity index is 857. The molecule has 1 saturated heterocycles. The van der Waals surface area contributed by atoms with Crippen LogP contribution in [0.5, 0.6) is 5.75 Å². The lowest BCUT2D eigenvalue weighted by molar-refractivity contribution is -0.137. The van der Waals surface area contributed by atoms with E-state index in [2.05, 4.69) is 21.7 Å². The van der Waals surface area contributed by atoms with Gasteiger partial charge in [-0.3, -0.25) is 4.79 Å². The lowest BCUT2D eigenvalue weighted by atomic mass is 9.94. The number of ether oxygens (including phenoxy) is 1. The van der Waals surface area contributed by atoms with Crippen LogP contribution in [0.15, 0.2) is 36.7 Å². The summed E-state index contributed by atoms with van der Waals surface area (Å²) in [5, 5.41) is 0. The lowest BCUT2D eigenvalue weighted by Crippen LogP contribution is -2.43. The van der Waals surface area contributed by atoms with Gasteiger partial charge in [0, 0.05) is 37.9 Å². The number of hydrogen-bond donors (Lipinski definition) is 0. The standard InChI is InChI=1S/C21H25Cl2N3O2/c1-20(14-21(20,22)23)19(27)25-10-7-16(8-11-25)18-24-9-12-26(18)13-15-3-5-17(28-2)6-4-15/h3-6,9,12,16H,7-8,10-11,13-14H2,1-2H3. The van der Waals surface area contributed by atoms with Crippen molar-refractivity contribution in [2.45, 2.75) is 43.0 Å². The lowest BCUT2D eigenvalue weighted by Gasteiger charge is -2.34. The predicted octanol–water partition coefficient (Wildman–Crippen LogP) is 4.23. The molecule has 2 aliphatic rings. The van der Waals surface area contributed by atoms with Crippen LogP contribution >= 0.6 is 23.2 Å². The fraction of sp³-hybridized carbons (Fsp3) is 0.524. The van der Waals surface area contributed by atoms with Gasteiger partial charge in [0.05, 0.1) is 12.5 Å². The van der Waals surface area contributed by atoms with E-state index in [4.69, 9.17) is 27.9 Å². The number of hydrogen-bond acceptors (Lipinski definition) is 3. The number of carbonyl (C=O) groups excluding carboxylic acids is 1. The van der Waals surface area contributed by atoms with Gasteiger partial charge < -0.3 is 14.2 Å². The van der Waals surface area contributed by atoms with E-state index >= 15 is 0 Å². The van der Waals surface area contributed by atoms with Gasteiger partial charge in [0.25, 0.3) is 0 Å². The minimum atomic E-state index is -0.907. The van der Waals surface area contributed by atoms with E-state index < -0.39 is 9.75 Å². The van der Waals surface area contributed by atoms with E-state index in [-0.39, 0.29) is 5.91 Å². The van der Waals surface area contributed by atoms with Crippen molar-refractivity contribution in [1.29, 1.82) is 0 Å². The number of carbonyl (C=O) groups is 1. The predicted molar refractivity (Wildman–Crippen MR) is 110 cm³/mol. The Hall–Kier alpha value is -1.72. The highest BCUT2D eigenvalue weighted by Gasteiger charge is 2.68. The maximum Gasteiger partial charge on any atom is 0.231 e. The average molecular weight is 422 g/mol. The number of halogens is 2. The first-order valence-electron chi connectivity index (χ1n) is 9.65. The molecule has 5 nitrogen and oxygen atoms in total. The molecule has 1 unspecified atom stereocenters. The topological polar surface area (TPSA) is 47.4 Å². The molecule has 1 aliphatic carbocycles. The maximum absolute atomic E-state index is 12.8. The summed E-state index contributed by atoms with van der Waals surface area (Å²) in [6.45, 7) is 4.08. The number of imidazole rings is 1. The number of nitrogens with zero attached hydrogens (tertiary/aromatic N) is 3. The number of piperidine rings is 1. The monoisotopic (exact) mass is 421 g/mol. The molecule has 0 radical (unpaired) electrons. The van der Waals surface area contributed by atoms with Crippen LogP contribution in [0.3, 0.4) is 0 Å². The number of amides is 1. The molecule has 1 aromatic heterocycles. The zero-order chi connectivity index (χ0) is 19.9. The van der Waals surface area contributed by atoms with Crippen LogP contribution in [0.2, 0.25) is 0 Å². The minimum Gasteiger partial charge on any atom is -0.497 e. The Morgan fingerprint density at radius 3 is 2.46 bits per heavy atom. The van der Waals surface area contributed by atoms with E-state index in [9.17, 15) is 4.79 Å². The molecule has 7 heteroatoms. The molecule has 2 fully saturated rings. The molecule has 28 heavy (non-hydrogen) atoms. The third-order valence-corrected chi connectivity index (χ3v) is 7.24. The molecule has 1 saturated carbocycles. The van der Waals surface area contributed by atoms with Gasteiger partial charge in [0.15, 0.2) is 0 Å². The van der Waals surface area contributed by atoms with Gasteiger partial charge in [-0.1, -0.05) is 12.1 Å². The molecule has 0 spiro atoms. The van der Waals surface area contributed by atoms with Crippen molar-refractivity contribution in [3.63, 3.8) is 0 Å². The number of rotatable bonds is 5. The highest BCUT2D eigenvalue weighted by Crippen LogP contribution is 2.64. The summed E-state index contributed by atoms with van der Waals surface area (Å²) < 4.78 is 6.52. The number of alkyl halides is 2. The first kappa shape index (κ1) is 19.6. The summed E-state index contributed by atoms with van der Waals surface area (Å²) in [5.41, 5.74) is 0.574. The molecule has 1 aromatic carbocycles. The highest BCUT2D eigenvalue weighted by atomic mass is 35.5. The van der Waals surface area contributed by atoms with Gasteiger partial charge in [0.1, 0.15) is 15.9 Å². The van der Waals surface area contributed by atoms with Crippen molar-refractivity contribution < 1.29 is 9.53 Å². The number of benzene rings is 1. The maximum atomic E-state index is 12.8. The zero-order valence-electron chi connectivity index (χ0n) is 16.2. The second kappa shape index (κ2) is 7.27. The highest BCUT2D eigenvalue weighted by molar-refractivity contribution is 6.53. The molecule has 2 heterocycles. The molecular weight excluding hydrogens is 397 g/mol. The fourth-order valence-electron chi connectivity index (χ4n) is 4.06. The number of aromatic nitrogens is 2. The number of methoxy groups -OCH3 is 1. The summed E-state index contributed by atoms with van der Waals surface area (Å²) in [6, 6.07) is 8.10.